The monoisotopic (exact) mass is 214 g/mol. The second kappa shape index (κ2) is 4.18. The van der Waals surface area contributed by atoms with E-state index in [0.717, 1.165) is 12.8 Å². The molecule has 5 heteroatoms. The van der Waals surface area contributed by atoms with E-state index in [9.17, 15) is 9.59 Å². The normalized spacial score (nSPS) is 19.7. The Hall–Kier alpha value is -1.10. The first-order chi connectivity index (χ1) is 6.93. The average molecular weight is 214 g/mol. The number of rotatable bonds is 5. The molecule has 0 aromatic heterocycles. The van der Waals surface area contributed by atoms with Gasteiger partial charge in [-0.25, -0.2) is 4.79 Å². The van der Waals surface area contributed by atoms with Crippen molar-refractivity contribution in [2.75, 3.05) is 6.54 Å². The highest BCUT2D eigenvalue weighted by Gasteiger charge is 2.49. The number of carboxylic acids is 1. The molecule has 1 rings (SSSR count). The molecule has 5 nitrogen and oxygen atoms in total. The predicted molar refractivity (Wildman–Crippen MR) is 55.1 cm³/mol. The molecule has 0 saturated heterocycles. The number of carboxylic acid groups (broad SMARTS) is 1. The number of carbonyl (C=O) groups is 2. The molecular formula is C10H18N2O3. The molecular weight excluding hydrogens is 196 g/mol. The minimum atomic E-state index is -0.994. The fourth-order valence-corrected chi connectivity index (χ4v) is 1.48. The van der Waals surface area contributed by atoms with Crippen molar-refractivity contribution in [1.82, 2.24) is 5.32 Å². The van der Waals surface area contributed by atoms with Gasteiger partial charge in [-0.1, -0.05) is 13.8 Å². The van der Waals surface area contributed by atoms with E-state index in [1.807, 2.05) is 0 Å². The maximum atomic E-state index is 11.7. The number of nitrogens with two attached hydrogens (primary N) is 1. The van der Waals surface area contributed by atoms with Crippen LogP contribution >= 0.6 is 0 Å². The molecule has 4 N–H and O–H groups in total. The molecule has 1 aliphatic rings. The Morgan fingerprint density at radius 1 is 1.47 bits per heavy atom. The highest BCUT2D eigenvalue weighted by Crippen LogP contribution is 2.44. The van der Waals surface area contributed by atoms with Gasteiger partial charge in [-0.15, -0.1) is 0 Å². The minimum Gasteiger partial charge on any atom is -0.480 e. The molecule has 0 radical (unpaired) electrons. The standard InChI is InChI=1S/C10H18N2O3/c1-6(2)7(8(13)14)12-9(15)10(5-11)3-4-10/h6-7H,3-5,11H2,1-2H3,(H,12,15)(H,13,14)/t7-/m1/s1. The van der Waals surface area contributed by atoms with E-state index in [-0.39, 0.29) is 11.8 Å². The second-order valence-corrected chi connectivity index (χ2v) is 4.52. The Balaban J connectivity index is 2.59. The third-order valence-corrected chi connectivity index (χ3v) is 2.95. The molecule has 0 bridgehead atoms. The Bertz CT molecular complexity index is 272. The summed E-state index contributed by atoms with van der Waals surface area (Å²) in [6, 6.07) is -0.818. The third-order valence-electron chi connectivity index (χ3n) is 2.95. The zero-order chi connectivity index (χ0) is 11.6. The van der Waals surface area contributed by atoms with Crippen LogP contribution in [-0.4, -0.2) is 29.6 Å². The summed E-state index contributed by atoms with van der Waals surface area (Å²) in [4.78, 5) is 22.6. The van der Waals surface area contributed by atoms with Crippen LogP contribution in [0.1, 0.15) is 26.7 Å². The van der Waals surface area contributed by atoms with Crippen molar-refractivity contribution in [1.29, 1.82) is 0 Å². The number of carbonyl (C=O) groups excluding carboxylic acids is 1. The summed E-state index contributed by atoms with van der Waals surface area (Å²) in [6.07, 6.45) is 1.53. The van der Waals surface area contributed by atoms with Crippen LogP contribution in [0.4, 0.5) is 0 Å². The molecule has 0 heterocycles. The van der Waals surface area contributed by atoms with Gasteiger partial charge in [0.05, 0.1) is 5.41 Å². The first-order valence-corrected chi connectivity index (χ1v) is 5.17. The molecule has 0 aromatic carbocycles. The first kappa shape index (κ1) is 12.0. The lowest BCUT2D eigenvalue weighted by atomic mass is 10.0. The highest BCUT2D eigenvalue weighted by molar-refractivity contribution is 5.89. The van der Waals surface area contributed by atoms with Gasteiger partial charge in [-0.05, 0) is 18.8 Å². The lowest BCUT2D eigenvalue weighted by Gasteiger charge is -2.21. The molecule has 86 valence electrons. The van der Waals surface area contributed by atoms with E-state index < -0.39 is 17.4 Å². The lowest BCUT2D eigenvalue weighted by Crippen LogP contribution is -2.48. The minimum absolute atomic E-state index is 0.125. The van der Waals surface area contributed by atoms with E-state index in [1.165, 1.54) is 0 Å². The van der Waals surface area contributed by atoms with Crippen molar-refractivity contribution in [3.63, 3.8) is 0 Å². The van der Waals surface area contributed by atoms with E-state index in [4.69, 9.17) is 10.8 Å². The van der Waals surface area contributed by atoms with E-state index >= 15 is 0 Å². The molecule has 1 aliphatic carbocycles. The summed E-state index contributed by atoms with van der Waals surface area (Å²) in [5.74, 6) is -1.34. The SMILES string of the molecule is CC(C)[C@@H](NC(=O)C1(CN)CC1)C(=O)O. The van der Waals surface area contributed by atoms with E-state index in [0.29, 0.717) is 6.54 Å². The number of hydrogen-bond donors (Lipinski definition) is 3. The fraction of sp³-hybridized carbons (Fsp3) is 0.800. The molecule has 0 aromatic rings. The zero-order valence-electron chi connectivity index (χ0n) is 9.12. The van der Waals surface area contributed by atoms with Gasteiger partial charge in [0.15, 0.2) is 0 Å². The van der Waals surface area contributed by atoms with Crippen LogP contribution in [-0.2, 0) is 9.59 Å². The van der Waals surface area contributed by atoms with Gasteiger partial charge in [0.2, 0.25) is 5.91 Å². The summed E-state index contributed by atoms with van der Waals surface area (Å²) in [5.41, 5.74) is 5.01. The Labute approximate surface area is 89.0 Å². The summed E-state index contributed by atoms with van der Waals surface area (Å²) in [5, 5.41) is 11.5. The van der Waals surface area contributed by atoms with Crippen LogP contribution in [0, 0.1) is 11.3 Å². The summed E-state index contributed by atoms with van der Waals surface area (Å²) in [7, 11) is 0. The van der Waals surface area contributed by atoms with Gasteiger partial charge in [-0.2, -0.15) is 0 Å². The van der Waals surface area contributed by atoms with Gasteiger partial charge in [0, 0.05) is 6.54 Å². The Kier molecular flexibility index (Phi) is 3.34. The number of amides is 1. The van der Waals surface area contributed by atoms with Gasteiger partial charge in [0.1, 0.15) is 6.04 Å². The Morgan fingerprint density at radius 3 is 2.27 bits per heavy atom. The van der Waals surface area contributed by atoms with Crippen molar-refractivity contribution in [2.24, 2.45) is 17.1 Å². The van der Waals surface area contributed by atoms with Crippen LogP contribution in [0.15, 0.2) is 0 Å². The smallest absolute Gasteiger partial charge is 0.326 e. The first-order valence-electron chi connectivity index (χ1n) is 5.17. The van der Waals surface area contributed by atoms with E-state index in [2.05, 4.69) is 5.32 Å². The largest absolute Gasteiger partial charge is 0.480 e. The molecule has 0 unspecified atom stereocenters. The molecule has 15 heavy (non-hydrogen) atoms. The maximum Gasteiger partial charge on any atom is 0.326 e. The summed E-state index contributed by atoms with van der Waals surface area (Å²) in [6.45, 7) is 3.82. The van der Waals surface area contributed by atoms with Crippen LogP contribution in [0.5, 0.6) is 0 Å². The van der Waals surface area contributed by atoms with Crippen molar-refractivity contribution in [3.05, 3.63) is 0 Å². The van der Waals surface area contributed by atoms with Crippen LogP contribution < -0.4 is 11.1 Å². The quantitative estimate of drug-likeness (QED) is 0.598. The lowest BCUT2D eigenvalue weighted by molar-refractivity contribution is -0.144. The van der Waals surface area contributed by atoms with Crippen LogP contribution in [0.2, 0.25) is 0 Å². The van der Waals surface area contributed by atoms with Gasteiger partial charge < -0.3 is 16.2 Å². The highest BCUT2D eigenvalue weighted by atomic mass is 16.4. The van der Waals surface area contributed by atoms with Crippen molar-refractivity contribution < 1.29 is 14.7 Å². The topological polar surface area (TPSA) is 92.4 Å². The fourth-order valence-electron chi connectivity index (χ4n) is 1.48. The zero-order valence-corrected chi connectivity index (χ0v) is 9.12. The molecule has 0 aliphatic heterocycles. The second-order valence-electron chi connectivity index (χ2n) is 4.52. The van der Waals surface area contributed by atoms with Crippen LogP contribution in [0.25, 0.3) is 0 Å². The summed E-state index contributed by atoms with van der Waals surface area (Å²) < 4.78 is 0. The van der Waals surface area contributed by atoms with Gasteiger partial charge in [0.25, 0.3) is 0 Å². The number of nitrogens with one attached hydrogen (secondary N) is 1. The van der Waals surface area contributed by atoms with E-state index in [1.54, 1.807) is 13.8 Å². The van der Waals surface area contributed by atoms with Crippen molar-refractivity contribution >= 4 is 11.9 Å². The molecule has 1 amide bonds. The van der Waals surface area contributed by atoms with Gasteiger partial charge in [-0.3, -0.25) is 4.79 Å². The molecule has 1 saturated carbocycles. The average Bonchev–Trinajstić information content (AvgIpc) is 2.93. The van der Waals surface area contributed by atoms with Crippen LogP contribution in [0.3, 0.4) is 0 Å². The third kappa shape index (κ3) is 2.47. The number of hydrogen-bond acceptors (Lipinski definition) is 3. The number of aliphatic carboxylic acids is 1. The van der Waals surface area contributed by atoms with Crippen molar-refractivity contribution in [2.45, 2.75) is 32.7 Å². The maximum absolute atomic E-state index is 11.7. The van der Waals surface area contributed by atoms with Crippen molar-refractivity contribution in [3.8, 4) is 0 Å². The molecule has 1 atom stereocenters. The van der Waals surface area contributed by atoms with Gasteiger partial charge >= 0.3 is 5.97 Å². The Morgan fingerprint density at radius 2 is 2.00 bits per heavy atom. The molecule has 0 spiro atoms. The molecule has 1 fully saturated rings. The predicted octanol–water partition coefficient (Wildman–Crippen LogP) is -0.0493. The summed E-state index contributed by atoms with van der Waals surface area (Å²) >= 11 is 0.